The molecule has 0 unspecified atom stereocenters. The zero-order valence-electron chi connectivity index (χ0n) is 16.3. The van der Waals surface area contributed by atoms with Gasteiger partial charge in [-0.15, -0.1) is 35.3 Å². The molecule has 27 heavy (non-hydrogen) atoms. The first-order valence-corrected chi connectivity index (χ1v) is 9.61. The van der Waals surface area contributed by atoms with Crippen LogP contribution in [0.5, 0.6) is 0 Å². The molecule has 0 fully saturated rings. The molecule has 2 aromatic rings. The number of guanidine groups is 1. The highest BCUT2D eigenvalue weighted by atomic mass is 127. The Bertz CT molecular complexity index is 756. The number of hydrogen-bond donors (Lipinski definition) is 3. The second kappa shape index (κ2) is 11.9. The highest BCUT2D eigenvalue weighted by Crippen LogP contribution is 2.16. The number of carbonyl (C=O) groups is 1. The van der Waals surface area contributed by atoms with E-state index in [9.17, 15) is 4.79 Å². The van der Waals surface area contributed by atoms with Gasteiger partial charge in [0.05, 0.1) is 12.2 Å². The zero-order chi connectivity index (χ0) is 18.9. The predicted molar refractivity (Wildman–Crippen MR) is 123 cm³/mol. The van der Waals surface area contributed by atoms with Gasteiger partial charge in [0, 0.05) is 30.1 Å². The van der Waals surface area contributed by atoms with E-state index in [0.717, 1.165) is 28.8 Å². The minimum Gasteiger partial charge on any atom is -0.357 e. The van der Waals surface area contributed by atoms with E-state index in [0.29, 0.717) is 25.2 Å². The Labute approximate surface area is 182 Å². The van der Waals surface area contributed by atoms with Gasteiger partial charge in [0.2, 0.25) is 0 Å². The average Bonchev–Trinajstić information content (AvgIpc) is 2.94. The van der Waals surface area contributed by atoms with Gasteiger partial charge in [-0.05, 0) is 39.8 Å². The first kappa shape index (κ1) is 23.4. The molecular formula is C19H28IN5OS. The van der Waals surface area contributed by atoms with Crippen LogP contribution in [0.3, 0.4) is 0 Å². The molecule has 0 aliphatic heterocycles. The summed E-state index contributed by atoms with van der Waals surface area (Å²) >= 11 is 1.67. The SMILES string of the molecule is CCNC(=NCc1nc(C)c(C)s1)NCCNC(=O)c1cccc(C)c1.I. The Hall–Kier alpha value is -1.68. The highest BCUT2D eigenvalue weighted by molar-refractivity contribution is 14.0. The molecule has 0 saturated carbocycles. The summed E-state index contributed by atoms with van der Waals surface area (Å²) in [7, 11) is 0. The highest BCUT2D eigenvalue weighted by Gasteiger charge is 2.06. The summed E-state index contributed by atoms with van der Waals surface area (Å²) in [6, 6.07) is 7.56. The van der Waals surface area contributed by atoms with E-state index in [4.69, 9.17) is 0 Å². The monoisotopic (exact) mass is 501 g/mol. The fourth-order valence-electron chi connectivity index (χ4n) is 2.34. The van der Waals surface area contributed by atoms with E-state index in [1.807, 2.05) is 45.0 Å². The van der Waals surface area contributed by atoms with Crippen LogP contribution >= 0.6 is 35.3 Å². The smallest absolute Gasteiger partial charge is 0.251 e. The Morgan fingerprint density at radius 1 is 1.15 bits per heavy atom. The van der Waals surface area contributed by atoms with Crippen LogP contribution in [-0.4, -0.2) is 36.5 Å². The summed E-state index contributed by atoms with van der Waals surface area (Å²) in [5.41, 5.74) is 2.82. The summed E-state index contributed by atoms with van der Waals surface area (Å²) in [5, 5.41) is 10.4. The Morgan fingerprint density at radius 2 is 1.89 bits per heavy atom. The van der Waals surface area contributed by atoms with Crippen molar-refractivity contribution in [2.75, 3.05) is 19.6 Å². The molecule has 148 valence electrons. The number of amides is 1. The molecule has 1 heterocycles. The fraction of sp³-hybridized carbons (Fsp3) is 0.421. The average molecular weight is 501 g/mol. The van der Waals surface area contributed by atoms with E-state index in [-0.39, 0.29) is 29.9 Å². The summed E-state index contributed by atoms with van der Waals surface area (Å²) in [6.45, 7) is 10.5. The van der Waals surface area contributed by atoms with Crippen molar-refractivity contribution in [2.45, 2.75) is 34.2 Å². The van der Waals surface area contributed by atoms with E-state index in [1.165, 1.54) is 4.88 Å². The van der Waals surface area contributed by atoms with Gasteiger partial charge in [0.15, 0.2) is 5.96 Å². The maximum Gasteiger partial charge on any atom is 0.251 e. The number of thiazole rings is 1. The number of halogens is 1. The zero-order valence-corrected chi connectivity index (χ0v) is 19.4. The molecule has 3 N–H and O–H groups in total. The molecule has 0 radical (unpaired) electrons. The third-order valence-corrected chi connectivity index (χ3v) is 4.83. The largest absolute Gasteiger partial charge is 0.357 e. The van der Waals surface area contributed by atoms with Gasteiger partial charge in [-0.2, -0.15) is 0 Å². The van der Waals surface area contributed by atoms with Crippen LogP contribution in [0.15, 0.2) is 29.3 Å². The van der Waals surface area contributed by atoms with Crippen molar-refractivity contribution in [3.63, 3.8) is 0 Å². The van der Waals surface area contributed by atoms with E-state index < -0.39 is 0 Å². The molecule has 1 aromatic carbocycles. The number of nitrogens with zero attached hydrogens (tertiary/aromatic N) is 2. The summed E-state index contributed by atoms with van der Waals surface area (Å²) in [4.78, 5) is 22.4. The van der Waals surface area contributed by atoms with Crippen molar-refractivity contribution in [3.8, 4) is 0 Å². The molecule has 6 nitrogen and oxygen atoms in total. The lowest BCUT2D eigenvalue weighted by molar-refractivity contribution is 0.0954. The van der Waals surface area contributed by atoms with Crippen LogP contribution in [0.4, 0.5) is 0 Å². The first-order valence-electron chi connectivity index (χ1n) is 8.79. The lowest BCUT2D eigenvalue weighted by atomic mass is 10.1. The lowest BCUT2D eigenvalue weighted by Gasteiger charge is -2.11. The Kier molecular flexibility index (Phi) is 10.3. The van der Waals surface area contributed by atoms with Gasteiger partial charge in [0.25, 0.3) is 5.91 Å². The standard InChI is InChI=1S/C19H27N5OS.HI/c1-5-20-19(23-12-17-24-14(3)15(4)26-17)22-10-9-21-18(25)16-8-6-7-13(2)11-16;/h6-8,11H,5,9-10,12H2,1-4H3,(H,21,25)(H2,20,22,23);1H. The molecule has 0 bridgehead atoms. The molecule has 1 amide bonds. The first-order chi connectivity index (χ1) is 12.5. The van der Waals surface area contributed by atoms with Crippen molar-refractivity contribution in [1.82, 2.24) is 20.9 Å². The second-order valence-corrected chi connectivity index (χ2v) is 7.28. The van der Waals surface area contributed by atoms with Crippen molar-refractivity contribution >= 4 is 47.2 Å². The molecular weight excluding hydrogens is 473 g/mol. The minimum absolute atomic E-state index is 0. The predicted octanol–water partition coefficient (Wildman–Crippen LogP) is 3.17. The molecule has 0 saturated heterocycles. The third-order valence-electron chi connectivity index (χ3n) is 3.77. The number of aromatic nitrogens is 1. The van der Waals surface area contributed by atoms with Crippen LogP contribution in [0.2, 0.25) is 0 Å². The van der Waals surface area contributed by atoms with Crippen LogP contribution in [0.25, 0.3) is 0 Å². The molecule has 1 aromatic heterocycles. The third kappa shape index (κ3) is 7.84. The maximum absolute atomic E-state index is 12.1. The van der Waals surface area contributed by atoms with Crippen LogP contribution in [0, 0.1) is 20.8 Å². The summed E-state index contributed by atoms with van der Waals surface area (Å²) < 4.78 is 0. The number of hydrogen-bond acceptors (Lipinski definition) is 4. The van der Waals surface area contributed by atoms with Gasteiger partial charge in [0.1, 0.15) is 5.01 Å². The maximum atomic E-state index is 12.1. The topological polar surface area (TPSA) is 78.4 Å². The van der Waals surface area contributed by atoms with E-state index in [1.54, 1.807) is 11.3 Å². The fourth-order valence-corrected chi connectivity index (χ4v) is 3.20. The lowest BCUT2D eigenvalue weighted by Crippen LogP contribution is -2.41. The molecule has 0 aliphatic carbocycles. The van der Waals surface area contributed by atoms with Gasteiger partial charge in [-0.1, -0.05) is 17.7 Å². The van der Waals surface area contributed by atoms with Gasteiger partial charge < -0.3 is 16.0 Å². The number of carbonyl (C=O) groups excluding carboxylic acids is 1. The van der Waals surface area contributed by atoms with Crippen molar-refractivity contribution < 1.29 is 4.79 Å². The number of aryl methyl sites for hydroxylation is 3. The molecule has 0 spiro atoms. The Balaban J connectivity index is 0.00000364. The van der Waals surface area contributed by atoms with Crippen molar-refractivity contribution in [1.29, 1.82) is 0 Å². The van der Waals surface area contributed by atoms with Crippen LogP contribution < -0.4 is 16.0 Å². The normalized spacial score (nSPS) is 10.9. The van der Waals surface area contributed by atoms with Crippen molar-refractivity contribution in [2.24, 2.45) is 4.99 Å². The minimum atomic E-state index is -0.0637. The van der Waals surface area contributed by atoms with Gasteiger partial charge in [-0.25, -0.2) is 9.98 Å². The van der Waals surface area contributed by atoms with Gasteiger partial charge >= 0.3 is 0 Å². The molecule has 0 atom stereocenters. The Morgan fingerprint density at radius 3 is 2.52 bits per heavy atom. The van der Waals surface area contributed by atoms with Crippen molar-refractivity contribution in [3.05, 3.63) is 51.0 Å². The van der Waals surface area contributed by atoms with E-state index >= 15 is 0 Å². The molecule has 8 heteroatoms. The van der Waals surface area contributed by atoms with Crippen LogP contribution in [0.1, 0.15) is 38.4 Å². The second-order valence-electron chi connectivity index (χ2n) is 6.00. The number of aliphatic imine (C=N–C) groups is 1. The quantitative estimate of drug-likeness (QED) is 0.236. The molecule has 2 rings (SSSR count). The number of rotatable bonds is 7. The van der Waals surface area contributed by atoms with Crippen LogP contribution in [-0.2, 0) is 6.54 Å². The van der Waals surface area contributed by atoms with E-state index in [2.05, 4.69) is 32.9 Å². The summed E-state index contributed by atoms with van der Waals surface area (Å²) in [5.74, 6) is 0.661. The number of nitrogens with one attached hydrogen (secondary N) is 3. The summed E-state index contributed by atoms with van der Waals surface area (Å²) in [6.07, 6.45) is 0. The number of benzene rings is 1. The van der Waals surface area contributed by atoms with Gasteiger partial charge in [-0.3, -0.25) is 4.79 Å². The molecule has 0 aliphatic rings.